The molecule has 7 nitrogen and oxygen atoms in total. The molecule has 1 saturated heterocycles. The maximum absolute atomic E-state index is 12.1. The van der Waals surface area contributed by atoms with Gasteiger partial charge in [0.05, 0.1) is 18.3 Å². The van der Waals surface area contributed by atoms with E-state index in [1.54, 1.807) is 6.20 Å². The maximum atomic E-state index is 12.1. The highest BCUT2D eigenvalue weighted by molar-refractivity contribution is 6.43. The topological polar surface area (TPSA) is 115 Å². The Morgan fingerprint density at radius 3 is 3.11 bits per heavy atom. The lowest BCUT2D eigenvalue weighted by Crippen LogP contribution is -2.51. The second-order valence-electron chi connectivity index (χ2n) is 4.54. The van der Waals surface area contributed by atoms with Crippen molar-refractivity contribution in [1.29, 1.82) is 0 Å². The number of nitrogens with one attached hydrogen (secondary N) is 1. The zero-order valence-corrected chi connectivity index (χ0v) is 9.99. The molecule has 0 saturated carbocycles. The fraction of sp³-hybridized carbons (Fsp3) is 0.600. The summed E-state index contributed by atoms with van der Waals surface area (Å²) in [6.07, 6.45) is 4.88. The fourth-order valence-corrected chi connectivity index (χ4v) is 2.31. The van der Waals surface area contributed by atoms with E-state index in [0.29, 0.717) is 19.4 Å². The molecule has 2 atom stereocenters. The minimum absolute atomic E-state index is 0.250. The standard InChI is InChI=1S/C10H17BN4O3/c12-8(4-7-5-13-6-14-7)10(16)15-3-1-2-9(15)11(17)18/h5-6,8-9,17-18H,1-4,12H2,(H,13,14). The number of hydrogen-bond acceptors (Lipinski definition) is 5. The summed E-state index contributed by atoms with van der Waals surface area (Å²) >= 11 is 0. The number of carbonyl (C=O) groups excluding carboxylic acids is 1. The van der Waals surface area contributed by atoms with Crippen molar-refractivity contribution in [2.75, 3.05) is 6.54 Å². The van der Waals surface area contributed by atoms with Gasteiger partial charge in [0, 0.05) is 24.9 Å². The molecule has 0 radical (unpaired) electrons. The third kappa shape index (κ3) is 2.71. The molecule has 1 aliphatic heterocycles. The van der Waals surface area contributed by atoms with Crippen LogP contribution in [0.2, 0.25) is 0 Å². The highest BCUT2D eigenvalue weighted by Gasteiger charge is 2.38. The highest BCUT2D eigenvalue weighted by Crippen LogP contribution is 2.19. The van der Waals surface area contributed by atoms with Crippen molar-refractivity contribution >= 4 is 13.0 Å². The van der Waals surface area contributed by atoms with Crippen LogP contribution in [-0.2, 0) is 11.2 Å². The van der Waals surface area contributed by atoms with Crippen LogP contribution in [0.15, 0.2) is 12.5 Å². The lowest BCUT2D eigenvalue weighted by atomic mass is 9.77. The molecule has 1 aromatic rings. The number of aromatic amines is 1. The molecule has 18 heavy (non-hydrogen) atoms. The molecule has 8 heteroatoms. The number of rotatable bonds is 4. The van der Waals surface area contributed by atoms with E-state index >= 15 is 0 Å². The third-order valence-corrected chi connectivity index (χ3v) is 3.24. The molecule has 1 amide bonds. The van der Waals surface area contributed by atoms with Crippen molar-refractivity contribution in [3.05, 3.63) is 18.2 Å². The van der Waals surface area contributed by atoms with Gasteiger partial charge in [0.15, 0.2) is 0 Å². The van der Waals surface area contributed by atoms with Crippen molar-refractivity contribution in [1.82, 2.24) is 14.9 Å². The summed E-state index contributed by atoms with van der Waals surface area (Å²) in [7, 11) is -1.50. The molecule has 5 N–H and O–H groups in total. The first-order valence-electron chi connectivity index (χ1n) is 5.99. The molecule has 0 aliphatic carbocycles. The van der Waals surface area contributed by atoms with E-state index in [0.717, 1.165) is 12.1 Å². The first-order valence-corrected chi connectivity index (χ1v) is 5.99. The number of aromatic nitrogens is 2. The van der Waals surface area contributed by atoms with E-state index in [9.17, 15) is 14.8 Å². The van der Waals surface area contributed by atoms with Gasteiger partial charge in [0.2, 0.25) is 5.91 Å². The van der Waals surface area contributed by atoms with Crippen LogP contribution in [0.3, 0.4) is 0 Å². The molecule has 0 aromatic carbocycles. The van der Waals surface area contributed by atoms with Gasteiger partial charge in [0.25, 0.3) is 0 Å². The van der Waals surface area contributed by atoms with Crippen molar-refractivity contribution < 1.29 is 14.8 Å². The first kappa shape index (κ1) is 13.1. The summed E-state index contributed by atoms with van der Waals surface area (Å²) in [5.41, 5.74) is 6.64. The molecule has 1 aromatic heterocycles. The van der Waals surface area contributed by atoms with E-state index in [-0.39, 0.29) is 5.91 Å². The summed E-state index contributed by atoms with van der Waals surface area (Å²) < 4.78 is 0. The van der Waals surface area contributed by atoms with Crippen LogP contribution in [0.1, 0.15) is 18.5 Å². The number of likely N-dealkylation sites (tertiary alicyclic amines) is 1. The van der Waals surface area contributed by atoms with Crippen LogP contribution in [0, 0.1) is 0 Å². The largest absolute Gasteiger partial charge is 0.475 e. The molecule has 0 spiro atoms. The SMILES string of the molecule is NC(Cc1cnc[nH]1)C(=O)N1CCCC1B(O)O. The third-order valence-electron chi connectivity index (χ3n) is 3.24. The Morgan fingerprint density at radius 1 is 1.72 bits per heavy atom. The molecular weight excluding hydrogens is 235 g/mol. The summed E-state index contributed by atoms with van der Waals surface area (Å²) in [5, 5.41) is 18.4. The fourth-order valence-electron chi connectivity index (χ4n) is 2.31. The number of H-pyrrole nitrogens is 1. The summed E-state index contributed by atoms with van der Waals surface area (Å²) in [6, 6.07) is -0.690. The van der Waals surface area contributed by atoms with E-state index in [1.807, 2.05) is 0 Å². The van der Waals surface area contributed by atoms with Gasteiger partial charge in [0.1, 0.15) is 0 Å². The molecule has 2 heterocycles. The molecule has 1 aliphatic rings. The molecular formula is C10H17BN4O3. The van der Waals surface area contributed by atoms with Gasteiger partial charge in [-0.05, 0) is 12.8 Å². The van der Waals surface area contributed by atoms with E-state index in [1.165, 1.54) is 11.2 Å². The molecule has 0 bridgehead atoms. The van der Waals surface area contributed by atoms with Crippen LogP contribution >= 0.6 is 0 Å². The zero-order valence-electron chi connectivity index (χ0n) is 9.99. The van der Waals surface area contributed by atoms with Crippen LogP contribution < -0.4 is 5.73 Å². The van der Waals surface area contributed by atoms with Crippen molar-refractivity contribution in [3.63, 3.8) is 0 Å². The Hall–Kier alpha value is -1.38. The Labute approximate surface area is 105 Å². The lowest BCUT2D eigenvalue weighted by Gasteiger charge is -2.26. The van der Waals surface area contributed by atoms with Crippen molar-refractivity contribution in [3.8, 4) is 0 Å². The average Bonchev–Trinajstić information content (AvgIpc) is 2.97. The van der Waals surface area contributed by atoms with Gasteiger partial charge in [-0.2, -0.15) is 0 Å². The number of nitrogens with two attached hydrogens (primary N) is 1. The monoisotopic (exact) mass is 252 g/mol. The zero-order chi connectivity index (χ0) is 13.1. The Morgan fingerprint density at radius 2 is 2.50 bits per heavy atom. The Kier molecular flexibility index (Phi) is 4.00. The van der Waals surface area contributed by atoms with Crippen molar-refractivity contribution in [2.24, 2.45) is 5.73 Å². The Balaban J connectivity index is 1.97. The van der Waals surface area contributed by atoms with E-state index in [2.05, 4.69) is 9.97 Å². The van der Waals surface area contributed by atoms with Gasteiger partial charge >= 0.3 is 7.12 Å². The number of carbonyl (C=O) groups is 1. The molecule has 2 unspecified atom stereocenters. The smallest absolute Gasteiger partial charge is 0.426 e. The molecule has 1 fully saturated rings. The average molecular weight is 252 g/mol. The van der Waals surface area contributed by atoms with Gasteiger partial charge in [-0.25, -0.2) is 4.98 Å². The molecule has 98 valence electrons. The first-order chi connectivity index (χ1) is 8.59. The number of amides is 1. The predicted molar refractivity (Wildman–Crippen MR) is 65.2 cm³/mol. The van der Waals surface area contributed by atoms with Crippen LogP contribution in [0.25, 0.3) is 0 Å². The number of nitrogens with zero attached hydrogens (tertiary/aromatic N) is 2. The van der Waals surface area contributed by atoms with Crippen molar-refractivity contribution in [2.45, 2.75) is 31.2 Å². The summed E-state index contributed by atoms with van der Waals surface area (Å²) in [4.78, 5) is 20.3. The highest BCUT2D eigenvalue weighted by atomic mass is 16.4. The van der Waals surface area contributed by atoms with E-state index in [4.69, 9.17) is 5.73 Å². The normalized spacial score (nSPS) is 21.1. The van der Waals surface area contributed by atoms with Gasteiger partial charge < -0.3 is 25.7 Å². The second-order valence-corrected chi connectivity index (χ2v) is 4.54. The maximum Gasteiger partial charge on any atom is 0.475 e. The summed E-state index contributed by atoms with van der Waals surface area (Å²) in [5.74, 6) is -0.787. The number of imidazole rings is 1. The minimum atomic E-state index is -1.50. The van der Waals surface area contributed by atoms with Gasteiger partial charge in [-0.15, -0.1) is 0 Å². The number of hydrogen-bond donors (Lipinski definition) is 4. The van der Waals surface area contributed by atoms with Gasteiger partial charge in [-0.1, -0.05) is 0 Å². The Bertz CT molecular complexity index is 398. The van der Waals surface area contributed by atoms with Gasteiger partial charge in [-0.3, -0.25) is 4.79 Å². The minimum Gasteiger partial charge on any atom is -0.426 e. The van der Waals surface area contributed by atoms with E-state index < -0.39 is 19.1 Å². The van der Waals surface area contributed by atoms with Crippen LogP contribution in [0.4, 0.5) is 0 Å². The van der Waals surface area contributed by atoms with Crippen LogP contribution in [0.5, 0.6) is 0 Å². The quantitative estimate of drug-likeness (QED) is 0.476. The predicted octanol–water partition coefficient (Wildman–Crippen LogP) is -1.72. The van der Waals surface area contributed by atoms with Crippen LogP contribution in [-0.4, -0.2) is 56.5 Å². The second kappa shape index (κ2) is 5.51. The summed E-state index contributed by atoms with van der Waals surface area (Å²) in [6.45, 7) is 0.526. The molecule has 2 rings (SSSR count). The lowest BCUT2D eigenvalue weighted by molar-refractivity contribution is -0.132.